The van der Waals surface area contributed by atoms with E-state index in [1.165, 1.54) is 0 Å². The van der Waals surface area contributed by atoms with E-state index in [9.17, 15) is 4.79 Å². The normalized spacial score (nSPS) is 10.1. The predicted molar refractivity (Wildman–Crippen MR) is 60.7 cm³/mol. The van der Waals surface area contributed by atoms with Gasteiger partial charge in [0.25, 0.3) is 0 Å². The van der Waals surface area contributed by atoms with E-state index in [1.807, 2.05) is 25.1 Å². The number of nitrogens with two attached hydrogens (primary N) is 1. The molecule has 2 rings (SSSR count). The maximum absolute atomic E-state index is 11.2. The molecule has 2 aromatic heterocycles. The van der Waals surface area contributed by atoms with Crippen LogP contribution in [0.5, 0.6) is 0 Å². The monoisotopic (exact) mass is 213 g/mol. The standard InChI is InChI=1S/C12H11N3O/c1-8-9(12(13)16)5-7-15-11(8)10-4-2-3-6-14-10/h2-7H,1H3,(H2,13,16). The fourth-order valence-electron chi connectivity index (χ4n) is 1.56. The van der Waals surface area contributed by atoms with Gasteiger partial charge in [0.2, 0.25) is 5.91 Å². The molecule has 2 N–H and O–H groups in total. The SMILES string of the molecule is Cc1c(C(N)=O)ccnc1-c1ccccn1. The van der Waals surface area contributed by atoms with Gasteiger partial charge in [-0.05, 0) is 30.7 Å². The molecule has 0 aromatic carbocycles. The van der Waals surface area contributed by atoms with Gasteiger partial charge in [0, 0.05) is 18.0 Å². The van der Waals surface area contributed by atoms with Gasteiger partial charge in [-0.15, -0.1) is 0 Å². The molecular weight excluding hydrogens is 202 g/mol. The molecular formula is C12H11N3O. The van der Waals surface area contributed by atoms with Crippen molar-refractivity contribution in [2.75, 3.05) is 0 Å². The molecule has 0 atom stereocenters. The molecule has 0 fully saturated rings. The summed E-state index contributed by atoms with van der Waals surface area (Å²) in [6.45, 7) is 1.82. The Morgan fingerprint density at radius 3 is 2.62 bits per heavy atom. The van der Waals surface area contributed by atoms with E-state index < -0.39 is 5.91 Å². The summed E-state index contributed by atoms with van der Waals surface area (Å²) >= 11 is 0. The highest BCUT2D eigenvalue weighted by Gasteiger charge is 2.11. The van der Waals surface area contributed by atoms with Crippen LogP contribution >= 0.6 is 0 Å². The van der Waals surface area contributed by atoms with Crippen LogP contribution in [0.4, 0.5) is 0 Å². The fourth-order valence-corrected chi connectivity index (χ4v) is 1.56. The third-order valence-corrected chi connectivity index (χ3v) is 2.38. The van der Waals surface area contributed by atoms with Crippen molar-refractivity contribution in [2.24, 2.45) is 5.73 Å². The van der Waals surface area contributed by atoms with E-state index in [0.29, 0.717) is 11.3 Å². The molecule has 0 aliphatic carbocycles. The van der Waals surface area contributed by atoms with Crippen LogP contribution in [0.15, 0.2) is 36.7 Å². The molecule has 0 radical (unpaired) electrons. The minimum absolute atomic E-state index is 0.447. The summed E-state index contributed by atoms with van der Waals surface area (Å²) in [4.78, 5) is 19.6. The van der Waals surface area contributed by atoms with Crippen molar-refractivity contribution in [2.45, 2.75) is 6.92 Å². The van der Waals surface area contributed by atoms with E-state index in [4.69, 9.17) is 5.73 Å². The number of primary amides is 1. The molecule has 0 unspecified atom stereocenters. The topological polar surface area (TPSA) is 68.9 Å². The molecule has 4 heteroatoms. The van der Waals surface area contributed by atoms with Gasteiger partial charge in [-0.1, -0.05) is 6.07 Å². The Labute approximate surface area is 93.2 Å². The second-order valence-corrected chi connectivity index (χ2v) is 3.41. The highest BCUT2D eigenvalue weighted by Crippen LogP contribution is 2.20. The van der Waals surface area contributed by atoms with E-state index in [1.54, 1.807) is 18.5 Å². The van der Waals surface area contributed by atoms with Crippen molar-refractivity contribution in [1.29, 1.82) is 0 Å². The lowest BCUT2D eigenvalue weighted by molar-refractivity contribution is 0.0999. The number of aromatic nitrogens is 2. The average molecular weight is 213 g/mol. The summed E-state index contributed by atoms with van der Waals surface area (Å²) in [5.74, 6) is -0.447. The number of amides is 1. The van der Waals surface area contributed by atoms with Crippen LogP contribution in [0.3, 0.4) is 0 Å². The number of pyridine rings is 2. The third-order valence-electron chi connectivity index (χ3n) is 2.38. The summed E-state index contributed by atoms with van der Waals surface area (Å²) in [7, 11) is 0. The summed E-state index contributed by atoms with van der Waals surface area (Å²) in [5, 5.41) is 0. The Hall–Kier alpha value is -2.23. The molecule has 2 heterocycles. The van der Waals surface area contributed by atoms with Crippen LogP contribution in [0.1, 0.15) is 15.9 Å². The first-order valence-electron chi connectivity index (χ1n) is 4.87. The fraction of sp³-hybridized carbons (Fsp3) is 0.0833. The first-order chi connectivity index (χ1) is 7.70. The first-order valence-corrected chi connectivity index (χ1v) is 4.87. The minimum Gasteiger partial charge on any atom is -0.366 e. The number of nitrogens with zero attached hydrogens (tertiary/aromatic N) is 2. The molecule has 0 spiro atoms. The third kappa shape index (κ3) is 1.77. The van der Waals surface area contributed by atoms with Gasteiger partial charge in [0.1, 0.15) is 0 Å². The zero-order valence-electron chi connectivity index (χ0n) is 8.84. The Balaban J connectivity index is 2.59. The van der Waals surface area contributed by atoms with E-state index in [-0.39, 0.29) is 0 Å². The second kappa shape index (κ2) is 4.10. The maximum atomic E-state index is 11.2. The van der Waals surface area contributed by atoms with Gasteiger partial charge in [-0.3, -0.25) is 14.8 Å². The zero-order chi connectivity index (χ0) is 11.5. The minimum atomic E-state index is -0.447. The number of hydrogen-bond donors (Lipinski definition) is 1. The summed E-state index contributed by atoms with van der Waals surface area (Å²) in [6, 6.07) is 7.17. The van der Waals surface area contributed by atoms with Crippen LogP contribution < -0.4 is 5.73 Å². The highest BCUT2D eigenvalue weighted by atomic mass is 16.1. The lowest BCUT2D eigenvalue weighted by atomic mass is 10.1. The lowest BCUT2D eigenvalue weighted by Crippen LogP contribution is -2.13. The predicted octanol–water partition coefficient (Wildman–Crippen LogP) is 1.55. The molecule has 4 nitrogen and oxygen atoms in total. The summed E-state index contributed by atoms with van der Waals surface area (Å²) < 4.78 is 0. The van der Waals surface area contributed by atoms with Crippen LogP contribution in [0, 0.1) is 6.92 Å². The highest BCUT2D eigenvalue weighted by molar-refractivity contribution is 5.95. The smallest absolute Gasteiger partial charge is 0.249 e. The number of carbonyl (C=O) groups excluding carboxylic acids is 1. The van der Waals surface area contributed by atoms with Crippen LogP contribution in [-0.4, -0.2) is 15.9 Å². The van der Waals surface area contributed by atoms with Crippen molar-refractivity contribution in [1.82, 2.24) is 9.97 Å². The van der Waals surface area contributed by atoms with Crippen molar-refractivity contribution in [3.05, 3.63) is 47.8 Å². The molecule has 0 bridgehead atoms. The Morgan fingerprint density at radius 2 is 2.00 bits per heavy atom. The van der Waals surface area contributed by atoms with Crippen molar-refractivity contribution in [3.8, 4) is 11.4 Å². The van der Waals surface area contributed by atoms with E-state index in [0.717, 1.165) is 11.3 Å². The van der Waals surface area contributed by atoms with Gasteiger partial charge < -0.3 is 5.73 Å². The van der Waals surface area contributed by atoms with Crippen LogP contribution in [-0.2, 0) is 0 Å². The number of hydrogen-bond acceptors (Lipinski definition) is 3. The molecule has 80 valence electrons. The maximum Gasteiger partial charge on any atom is 0.249 e. The molecule has 0 saturated carbocycles. The lowest BCUT2D eigenvalue weighted by Gasteiger charge is -2.06. The van der Waals surface area contributed by atoms with Gasteiger partial charge in [0.05, 0.1) is 11.4 Å². The van der Waals surface area contributed by atoms with E-state index >= 15 is 0 Å². The number of carbonyl (C=O) groups is 1. The largest absolute Gasteiger partial charge is 0.366 e. The van der Waals surface area contributed by atoms with Gasteiger partial charge in [0.15, 0.2) is 0 Å². The zero-order valence-corrected chi connectivity index (χ0v) is 8.84. The van der Waals surface area contributed by atoms with Gasteiger partial charge in [-0.25, -0.2) is 0 Å². The van der Waals surface area contributed by atoms with Crippen molar-refractivity contribution >= 4 is 5.91 Å². The Bertz CT molecular complexity index is 523. The molecule has 0 aliphatic heterocycles. The van der Waals surface area contributed by atoms with Crippen LogP contribution in [0.25, 0.3) is 11.4 Å². The second-order valence-electron chi connectivity index (χ2n) is 3.41. The summed E-state index contributed by atoms with van der Waals surface area (Å²) in [6.07, 6.45) is 3.25. The molecule has 0 saturated heterocycles. The van der Waals surface area contributed by atoms with Crippen LogP contribution in [0.2, 0.25) is 0 Å². The summed E-state index contributed by atoms with van der Waals surface area (Å²) in [5.41, 5.74) is 7.95. The Kier molecular flexibility index (Phi) is 2.64. The molecule has 2 aromatic rings. The average Bonchev–Trinajstić information content (AvgIpc) is 2.30. The molecule has 16 heavy (non-hydrogen) atoms. The first kappa shape index (κ1) is 10.3. The number of rotatable bonds is 2. The van der Waals surface area contributed by atoms with Crippen molar-refractivity contribution in [3.63, 3.8) is 0 Å². The molecule has 1 amide bonds. The van der Waals surface area contributed by atoms with Gasteiger partial charge in [-0.2, -0.15) is 0 Å². The molecule has 0 aliphatic rings. The van der Waals surface area contributed by atoms with E-state index in [2.05, 4.69) is 9.97 Å². The Morgan fingerprint density at radius 1 is 1.19 bits per heavy atom. The van der Waals surface area contributed by atoms with Crippen molar-refractivity contribution < 1.29 is 4.79 Å². The quantitative estimate of drug-likeness (QED) is 0.822. The van der Waals surface area contributed by atoms with Gasteiger partial charge >= 0.3 is 0 Å².